The number of allylic oxidation sites excluding steroid dienone is 2. The van der Waals surface area contributed by atoms with Crippen molar-refractivity contribution in [2.45, 2.75) is 19.4 Å². The van der Waals surface area contributed by atoms with Gasteiger partial charge in [0.1, 0.15) is 0 Å². The Bertz CT molecular complexity index is 348. The van der Waals surface area contributed by atoms with E-state index in [0.29, 0.717) is 6.04 Å². The van der Waals surface area contributed by atoms with Crippen molar-refractivity contribution in [3.05, 3.63) is 46.3 Å². The molecule has 0 radical (unpaired) electrons. The van der Waals surface area contributed by atoms with Gasteiger partial charge in [0.15, 0.2) is 0 Å². The molecule has 14 heavy (non-hydrogen) atoms. The van der Waals surface area contributed by atoms with Crippen molar-refractivity contribution in [3.8, 4) is 0 Å². The van der Waals surface area contributed by atoms with Crippen molar-refractivity contribution in [3.63, 3.8) is 0 Å². The molecular weight excluding hydrogens is 190 g/mol. The van der Waals surface area contributed by atoms with Gasteiger partial charge in [-0.3, -0.25) is 0 Å². The Morgan fingerprint density at radius 3 is 3.07 bits per heavy atom. The number of likely N-dealkylation sites (N-methyl/N-ethyl adjacent to an activating group) is 1. The summed E-state index contributed by atoms with van der Waals surface area (Å²) in [6.45, 7) is 2.16. The van der Waals surface area contributed by atoms with Crippen LogP contribution in [0.1, 0.15) is 11.8 Å². The maximum Gasteiger partial charge on any atom is 0.0518 e. The summed E-state index contributed by atoms with van der Waals surface area (Å²) in [5, 5.41) is 2.14. The Labute approximate surface area is 89.4 Å². The first-order chi connectivity index (χ1) is 6.75. The third-order valence-corrected chi connectivity index (χ3v) is 3.44. The Morgan fingerprint density at radius 2 is 2.36 bits per heavy atom. The van der Waals surface area contributed by atoms with Crippen LogP contribution in [0.3, 0.4) is 0 Å². The van der Waals surface area contributed by atoms with Gasteiger partial charge in [0.25, 0.3) is 0 Å². The zero-order valence-corrected chi connectivity index (χ0v) is 9.42. The molecule has 2 heterocycles. The molecule has 0 bridgehead atoms. The minimum Gasteiger partial charge on any atom is -0.374 e. The molecular formula is C12H15NS. The summed E-state index contributed by atoms with van der Waals surface area (Å²) in [4.78, 5) is 3.73. The highest BCUT2D eigenvalue weighted by atomic mass is 32.1. The molecule has 0 amide bonds. The molecule has 1 aliphatic heterocycles. The van der Waals surface area contributed by atoms with E-state index in [1.807, 2.05) is 11.3 Å². The van der Waals surface area contributed by atoms with Crippen LogP contribution in [0.5, 0.6) is 0 Å². The van der Waals surface area contributed by atoms with E-state index in [2.05, 4.69) is 54.7 Å². The predicted molar refractivity (Wildman–Crippen MR) is 62.5 cm³/mol. The lowest BCUT2D eigenvalue weighted by Crippen LogP contribution is -2.29. The Hall–Kier alpha value is -1.02. The topological polar surface area (TPSA) is 3.24 Å². The van der Waals surface area contributed by atoms with E-state index in [-0.39, 0.29) is 0 Å². The molecule has 1 aromatic heterocycles. The second kappa shape index (κ2) is 4.01. The Balaban J connectivity index is 2.08. The van der Waals surface area contributed by atoms with Gasteiger partial charge in [-0.2, -0.15) is 0 Å². The van der Waals surface area contributed by atoms with Crippen LogP contribution >= 0.6 is 11.3 Å². The maximum atomic E-state index is 2.33. The SMILES string of the molecule is CC1=CC(Cc2cccs2)N(C)C=C1. The summed E-state index contributed by atoms with van der Waals surface area (Å²) in [6.07, 6.45) is 7.77. The van der Waals surface area contributed by atoms with Crippen LogP contribution in [0.25, 0.3) is 0 Å². The molecule has 0 saturated carbocycles. The minimum absolute atomic E-state index is 0.527. The van der Waals surface area contributed by atoms with Crippen LogP contribution < -0.4 is 0 Å². The van der Waals surface area contributed by atoms with Crippen molar-refractivity contribution in [2.75, 3.05) is 7.05 Å². The average molecular weight is 205 g/mol. The highest BCUT2D eigenvalue weighted by molar-refractivity contribution is 7.09. The summed E-state index contributed by atoms with van der Waals surface area (Å²) in [5.41, 5.74) is 1.37. The number of rotatable bonds is 2. The molecule has 0 aliphatic carbocycles. The minimum atomic E-state index is 0.527. The summed E-state index contributed by atoms with van der Waals surface area (Å²) in [6, 6.07) is 4.86. The van der Waals surface area contributed by atoms with E-state index < -0.39 is 0 Å². The zero-order valence-electron chi connectivity index (χ0n) is 8.60. The predicted octanol–water partition coefficient (Wildman–Crippen LogP) is 3.06. The highest BCUT2D eigenvalue weighted by Gasteiger charge is 2.13. The fourth-order valence-electron chi connectivity index (χ4n) is 1.66. The van der Waals surface area contributed by atoms with Crippen LogP contribution in [0, 0.1) is 0 Å². The molecule has 0 N–H and O–H groups in total. The van der Waals surface area contributed by atoms with E-state index >= 15 is 0 Å². The van der Waals surface area contributed by atoms with Crippen molar-refractivity contribution in [1.82, 2.24) is 4.90 Å². The van der Waals surface area contributed by atoms with E-state index in [9.17, 15) is 0 Å². The molecule has 1 aliphatic rings. The molecule has 2 heteroatoms. The zero-order chi connectivity index (χ0) is 9.97. The summed E-state index contributed by atoms with van der Waals surface area (Å²) < 4.78 is 0. The second-order valence-corrected chi connectivity index (χ2v) is 4.77. The van der Waals surface area contributed by atoms with Crippen LogP contribution in [-0.4, -0.2) is 18.0 Å². The normalized spacial score (nSPS) is 21.1. The lowest BCUT2D eigenvalue weighted by Gasteiger charge is -2.27. The number of hydrogen-bond donors (Lipinski definition) is 0. The Kier molecular flexibility index (Phi) is 2.73. The standard InChI is InChI=1S/C12H15NS/c1-10-5-6-13(2)11(8-10)9-12-4-3-7-14-12/h3-8,11H,9H2,1-2H3. The van der Waals surface area contributed by atoms with E-state index in [1.165, 1.54) is 10.5 Å². The van der Waals surface area contributed by atoms with E-state index in [1.54, 1.807) is 0 Å². The first-order valence-corrected chi connectivity index (χ1v) is 5.74. The number of nitrogens with zero attached hydrogens (tertiary/aromatic N) is 1. The van der Waals surface area contributed by atoms with Gasteiger partial charge < -0.3 is 4.90 Å². The average Bonchev–Trinajstić information content (AvgIpc) is 2.64. The van der Waals surface area contributed by atoms with Crippen LogP contribution in [0.4, 0.5) is 0 Å². The lowest BCUT2D eigenvalue weighted by atomic mass is 10.1. The molecule has 2 rings (SSSR count). The fourth-order valence-corrected chi connectivity index (χ4v) is 2.42. The molecule has 1 unspecified atom stereocenters. The molecule has 1 aromatic rings. The monoisotopic (exact) mass is 205 g/mol. The fraction of sp³-hybridized carbons (Fsp3) is 0.333. The van der Waals surface area contributed by atoms with Crippen molar-refractivity contribution in [2.24, 2.45) is 0 Å². The molecule has 1 atom stereocenters. The quantitative estimate of drug-likeness (QED) is 0.717. The Morgan fingerprint density at radius 1 is 1.50 bits per heavy atom. The summed E-state index contributed by atoms with van der Waals surface area (Å²) >= 11 is 1.84. The first kappa shape index (κ1) is 9.53. The molecule has 0 fully saturated rings. The highest BCUT2D eigenvalue weighted by Crippen LogP contribution is 2.18. The van der Waals surface area contributed by atoms with Gasteiger partial charge in [-0.1, -0.05) is 17.7 Å². The molecule has 74 valence electrons. The summed E-state index contributed by atoms with van der Waals surface area (Å²) in [7, 11) is 2.14. The van der Waals surface area contributed by atoms with Crippen LogP contribution in [0.15, 0.2) is 41.4 Å². The summed E-state index contributed by atoms with van der Waals surface area (Å²) in [5.74, 6) is 0. The lowest BCUT2D eigenvalue weighted by molar-refractivity contribution is 0.377. The largest absolute Gasteiger partial charge is 0.374 e. The molecule has 1 nitrogen and oxygen atoms in total. The smallest absolute Gasteiger partial charge is 0.0518 e. The molecule has 0 spiro atoms. The second-order valence-electron chi connectivity index (χ2n) is 3.74. The van der Waals surface area contributed by atoms with E-state index in [0.717, 1.165) is 6.42 Å². The third kappa shape index (κ3) is 2.07. The van der Waals surface area contributed by atoms with Crippen molar-refractivity contribution >= 4 is 11.3 Å². The first-order valence-electron chi connectivity index (χ1n) is 4.86. The van der Waals surface area contributed by atoms with Gasteiger partial charge in [-0.25, -0.2) is 0 Å². The van der Waals surface area contributed by atoms with Gasteiger partial charge in [-0.15, -0.1) is 11.3 Å². The van der Waals surface area contributed by atoms with Gasteiger partial charge in [0.05, 0.1) is 6.04 Å². The van der Waals surface area contributed by atoms with Gasteiger partial charge in [0.2, 0.25) is 0 Å². The van der Waals surface area contributed by atoms with Crippen molar-refractivity contribution < 1.29 is 0 Å². The van der Waals surface area contributed by atoms with Crippen molar-refractivity contribution in [1.29, 1.82) is 0 Å². The molecule has 0 aromatic carbocycles. The third-order valence-electron chi connectivity index (χ3n) is 2.54. The number of thiophene rings is 1. The van der Waals surface area contributed by atoms with Crippen LogP contribution in [-0.2, 0) is 6.42 Å². The number of hydrogen-bond acceptors (Lipinski definition) is 2. The van der Waals surface area contributed by atoms with Crippen LogP contribution in [0.2, 0.25) is 0 Å². The van der Waals surface area contributed by atoms with E-state index in [4.69, 9.17) is 0 Å². The van der Waals surface area contributed by atoms with Gasteiger partial charge >= 0.3 is 0 Å². The molecule has 0 saturated heterocycles. The van der Waals surface area contributed by atoms with Gasteiger partial charge in [-0.05, 0) is 30.6 Å². The maximum absolute atomic E-state index is 2.33. The van der Waals surface area contributed by atoms with Gasteiger partial charge in [0, 0.05) is 18.3 Å².